The molecule has 2 aromatic carbocycles. The van der Waals surface area contributed by atoms with Gasteiger partial charge in [-0.3, -0.25) is 9.78 Å². The number of nitrogens with one attached hydrogen (secondary N) is 1. The van der Waals surface area contributed by atoms with Gasteiger partial charge in [0, 0.05) is 16.6 Å². The first-order valence-corrected chi connectivity index (χ1v) is 10.9. The monoisotopic (exact) mass is 414 g/mol. The van der Waals surface area contributed by atoms with E-state index < -0.39 is 21.3 Å². The number of nitrogens with zero attached hydrogens (tertiary/aromatic N) is 1. The number of halogens is 1. The van der Waals surface area contributed by atoms with Gasteiger partial charge in [0.25, 0.3) is 10.0 Å². The first-order valence-electron chi connectivity index (χ1n) is 9.08. The first kappa shape index (κ1) is 18.9. The van der Waals surface area contributed by atoms with Crippen molar-refractivity contribution in [2.24, 2.45) is 0 Å². The second kappa shape index (κ2) is 6.87. The number of hydrogen-bond donors (Lipinski definition) is 1. The smallest absolute Gasteiger partial charge is 0.264 e. The maximum Gasteiger partial charge on any atom is 0.264 e. The molecule has 1 aliphatic rings. The molecule has 5 nitrogen and oxygen atoms in total. The van der Waals surface area contributed by atoms with Crippen molar-refractivity contribution < 1.29 is 13.2 Å². The SMILES string of the molecule is CCC1(C(=O)NS(=O)(=O)c2cccc3ncccc23)CCc2c(Cl)cccc21. The first-order chi connectivity index (χ1) is 13.4. The lowest BCUT2D eigenvalue weighted by molar-refractivity contribution is -0.125. The van der Waals surface area contributed by atoms with Crippen molar-refractivity contribution in [1.82, 2.24) is 9.71 Å². The highest BCUT2D eigenvalue weighted by Gasteiger charge is 2.45. The summed E-state index contributed by atoms with van der Waals surface area (Å²) in [5, 5.41) is 1.09. The molecule has 0 bridgehead atoms. The maximum atomic E-state index is 13.2. The molecule has 28 heavy (non-hydrogen) atoms. The lowest BCUT2D eigenvalue weighted by atomic mass is 9.79. The standard InChI is InChI=1S/C21H19ClN2O3S/c1-2-21(12-11-14-16(21)7-3-8-17(14)22)20(25)24-28(26,27)19-10-4-9-18-15(19)6-5-13-23-18/h3-10,13H,2,11-12H2,1H3,(H,24,25). The summed E-state index contributed by atoms with van der Waals surface area (Å²) < 4.78 is 28.5. The van der Waals surface area contributed by atoms with Crippen LogP contribution in [-0.4, -0.2) is 19.3 Å². The zero-order chi connectivity index (χ0) is 19.9. The van der Waals surface area contributed by atoms with Crippen molar-refractivity contribution in [3.8, 4) is 0 Å². The zero-order valence-electron chi connectivity index (χ0n) is 15.3. The lowest BCUT2D eigenvalue weighted by Gasteiger charge is -2.27. The average Bonchev–Trinajstić information content (AvgIpc) is 3.08. The molecule has 0 saturated heterocycles. The van der Waals surface area contributed by atoms with Crippen LogP contribution in [0.1, 0.15) is 30.9 Å². The van der Waals surface area contributed by atoms with E-state index in [1.807, 2.05) is 13.0 Å². The molecule has 1 heterocycles. The van der Waals surface area contributed by atoms with E-state index in [9.17, 15) is 13.2 Å². The predicted octanol–water partition coefficient (Wildman–Crippen LogP) is 3.99. The highest BCUT2D eigenvalue weighted by Crippen LogP contribution is 2.44. The Bertz CT molecular complexity index is 1190. The summed E-state index contributed by atoms with van der Waals surface area (Å²) in [4.78, 5) is 17.5. The Morgan fingerprint density at radius 3 is 2.75 bits per heavy atom. The number of aromatic nitrogens is 1. The van der Waals surface area contributed by atoms with Crippen molar-refractivity contribution in [3.05, 3.63) is 70.9 Å². The van der Waals surface area contributed by atoms with Crippen LogP contribution < -0.4 is 4.72 Å². The molecule has 1 aromatic heterocycles. The Hall–Kier alpha value is -2.44. The van der Waals surface area contributed by atoms with Crippen molar-refractivity contribution in [3.63, 3.8) is 0 Å². The van der Waals surface area contributed by atoms with Crippen LogP contribution in [-0.2, 0) is 26.7 Å². The largest absolute Gasteiger partial charge is 0.273 e. The van der Waals surface area contributed by atoms with E-state index in [-0.39, 0.29) is 4.90 Å². The molecule has 1 amide bonds. The number of sulfonamides is 1. The molecule has 0 spiro atoms. The van der Waals surface area contributed by atoms with Crippen LogP contribution in [0.15, 0.2) is 59.6 Å². The number of carbonyl (C=O) groups is 1. The normalized spacial score (nSPS) is 18.8. The van der Waals surface area contributed by atoms with Gasteiger partial charge in [0.1, 0.15) is 0 Å². The number of rotatable bonds is 4. The van der Waals surface area contributed by atoms with Crippen LogP contribution in [0.4, 0.5) is 0 Å². The van der Waals surface area contributed by atoms with Gasteiger partial charge in [-0.15, -0.1) is 0 Å². The molecule has 144 valence electrons. The number of hydrogen-bond acceptors (Lipinski definition) is 4. The Labute approximate surface area is 168 Å². The molecule has 0 radical (unpaired) electrons. The van der Waals surface area contributed by atoms with Crippen molar-refractivity contribution in [2.45, 2.75) is 36.5 Å². The van der Waals surface area contributed by atoms with Gasteiger partial charge in [0.15, 0.2) is 0 Å². The molecule has 1 atom stereocenters. The lowest BCUT2D eigenvalue weighted by Crippen LogP contribution is -2.45. The third kappa shape index (κ3) is 2.88. The van der Waals surface area contributed by atoms with Gasteiger partial charge in [0.2, 0.25) is 5.91 Å². The highest BCUT2D eigenvalue weighted by atomic mass is 35.5. The van der Waals surface area contributed by atoms with Gasteiger partial charge >= 0.3 is 0 Å². The Balaban J connectivity index is 1.75. The fourth-order valence-corrected chi connectivity index (χ4v) is 5.62. The Kier molecular flexibility index (Phi) is 4.63. The van der Waals surface area contributed by atoms with Crippen molar-refractivity contribution in [2.75, 3.05) is 0 Å². The summed E-state index contributed by atoms with van der Waals surface area (Å²) in [5.41, 5.74) is 1.39. The number of benzene rings is 2. The molecule has 1 N–H and O–H groups in total. The van der Waals surface area contributed by atoms with Crippen LogP contribution in [0.3, 0.4) is 0 Å². The quantitative estimate of drug-likeness (QED) is 0.700. The molecule has 3 aromatic rings. The maximum absolute atomic E-state index is 13.2. The van der Waals surface area contributed by atoms with Gasteiger partial charge in [-0.1, -0.05) is 36.7 Å². The summed E-state index contributed by atoms with van der Waals surface area (Å²) in [6, 6.07) is 13.7. The predicted molar refractivity (Wildman–Crippen MR) is 109 cm³/mol. The number of pyridine rings is 1. The molecule has 0 fully saturated rings. The molecule has 1 unspecified atom stereocenters. The third-order valence-electron chi connectivity index (χ3n) is 5.60. The fourth-order valence-electron chi connectivity index (χ4n) is 4.08. The fraction of sp³-hybridized carbons (Fsp3) is 0.238. The van der Waals surface area contributed by atoms with E-state index in [1.165, 1.54) is 6.07 Å². The van der Waals surface area contributed by atoms with E-state index >= 15 is 0 Å². The molecule has 7 heteroatoms. The van der Waals surface area contributed by atoms with Gasteiger partial charge in [-0.25, -0.2) is 13.1 Å². The number of fused-ring (bicyclic) bond motifs is 2. The average molecular weight is 415 g/mol. The van der Waals surface area contributed by atoms with Crippen LogP contribution in [0.2, 0.25) is 5.02 Å². The molecule has 4 rings (SSSR count). The van der Waals surface area contributed by atoms with Gasteiger partial charge in [-0.2, -0.15) is 0 Å². The summed E-state index contributed by atoms with van der Waals surface area (Å²) in [6.07, 6.45) is 3.26. The van der Waals surface area contributed by atoms with Crippen molar-refractivity contribution in [1.29, 1.82) is 0 Å². The van der Waals surface area contributed by atoms with Gasteiger partial charge < -0.3 is 0 Å². The molecular formula is C21H19ClN2O3S. The number of carbonyl (C=O) groups excluding carboxylic acids is 1. The number of amides is 1. The van der Waals surface area contributed by atoms with Crippen molar-refractivity contribution >= 4 is 38.4 Å². The molecule has 0 saturated carbocycles. The molecular weight excluding hydrogens is 396 g/mol. The van der Waals surface area contributed by atoms with Crippen LogP contribution in [0, 0.1) is 0 Å². The summed E-state index contributed by atoms with van der Waals surface area (Å²) in [5.74, 6) is -0.517. The van der Waals surface area contributed by atoms with Crippen LogP contribution >= 0.6 is 11.6 Å². The minimum Gasteiger partial charge on any atom is -0.273 e. The third-order valence-corrected chi connectivity index (χ3v) is 7.34. The topological polar surface area (TPSA) is 76.1 Å². The van der Waals surface area contributed by atoms with E-state index in [1.54, 1.807) is 42.6 Å². The van der Waals surface area contributed by atoms with Crippen LogP contribution in [0.25, 0.3) is 10.9 Å². The highest BCUT2D eigenvalue weighted by molar-refractivity contribution is 7.90. The molecule has 0 aliphatic heterocycles. The van der Waals surface area contributed by atoms with Gasteiger partial charge in [0.05, 0.1) is 15.8 Å². The van der Waals surface area contributed by atoms with Crippen LogP contribution in [0.5, 0.6) is 0 Å². The van der Waals surface area contributed by atoms with E-state index in [4.69, 9.17) is 11.6 Å². The van der Waals surface area contributed by atoms with E-state index in [2.05, 4.69) is 9.71 Å². The van der Waals surface area contributed by atoms with E-state index in [0.717, 1.165) is 11.1 Å². The van der Waals surface area contributed by atoms with E-state index in [0.29, 0.717) is 35.2 Å². The van der Waals surface area contributed by atoms with Gasteiger partial charge in [-0.05, 0) is 60.7 Å². The zero-order valence-corrected chi connectivity index (χ0v) is 16.8. The Morgan fingerprint density at radius 1 is 1.18 bits per heavy atom. The molecule has 1 aliphatic carbocycles. The minimum absolute atomic E-state index is 0.0435. The summed E-state index contributed by atoms with van der Waals surface area (Å²) >= 11 is 6.30. The second-order valence-corrected chi connectivity index (χ2v) is 9.02. The summed E-state index contributed by atoms with van der Waals surface area (Å²) in [6.45, 7) is 1.89. The Morgan fingerprint density at radius 2 is 1.96 bits per heavy atom. The minimum atomic E-state index is -4.06. The second-order valence-electron chi connectivity index (χ2n) is 6.96. The summed E-state index contributed by atoms with van der Waals surface area (Å²) in [7, 11) is -4.06.